The molecule has 0 saturated heterocycles. The zero-order valence-corrected chi connectivity index (χ0v) is 23.5. The average molecular weight is 587 g/mol. The Morgan fingerprint density at radius 1 is 1.05 bits per heavy atom. The predicted octanol–water partition coefficient (Wildman–Crippen LogP) is 6.04. The van der Waals surface area contributed by atoms with Crippen LogP contribution in [0.1, 0.15) is 47.5 Å². The zero-order valence-electron chi connectivity index (χ0n) is 22.7. The lowest BCUT2D eigenvalue weighted by Gasteiger charge is -2.18. The summed E-state index contributed by atoms with van der Waals surface area (Å²) in [6, 6.07) is 20.3. The SMILES string of the molecule is CC/C(=C(/c1ccc(/C=C/C(=O)O)cc1)c1ccc2c(c1)C(F)NN2)c1cccc(Oc2cncc(S(C)(=O)=O)n2)c1. The molecule has 3 aromatic carbocycles. The number of benzene rings is 3. The van der Waals surface area contributed by atoms with Crippen LogP contribution in [0.5, 0.6) is 11.6 Å². The van der Waals surface area contributed by atoms with E-state index >= 15 is 0 Å². The number of carbonyl (C=O) groups is 1. The number of hydrazine groups is 1. The number of sulfone groups is 1. The van der Waals surface area contributed by atoms with Crippen LogP contribution in [0, 0.1) is 0 Å². The second-order valence-corrected chi connectivity index (χ2v) is 11.5. The van der Waals surface area contributed by atoms with Crippen LogP contribution in [0.4, 0.5) is 10.1 Å². The summed E-state index contributed by atoms with van der Waals surface area (Å²) >= 11 is 0. The minimum Gasteiger partial charge on any atom is -0.478 e. The summed E-state index contributed by atoms with van der Waals surface area (Å²) in [6.07, 6.45) is 5.38. The third-order valence-electron chi connectivity index (χ3n) is 6.60. The molecule has 42 heavy (non-hydrogen) atoms. The highest BCUT2D eigenvalue weighted by atomic mass is 32.2. The van der Waals surface area contributed by atoms with Crippen LogP contribution in [0.3, 0.4) is 0 Å². The van der Waals surface area contributed by atoms with Gasteiger partial charge < -0.3 is 15.3 Å². The lowest BCUT2D eigenvalue weighted by molar-refractivity contribution is -0.131. The molecule has 4 aromatic rings. The molecule has 3 N–H and O–H groups in total. The number of anilines is 1. The van der Waals surface area contributed by atoms with Crippen LogP contribution in [-0.4, -0.2) is 35.7 Å². The standard InChI is InChI=1S/C31H27FN4O5S/c1-3-24(21-5-4-6-23(15-21)41-27-17-33-18-28(34-27)42(2,39)40)30(20-10-7-19(8-11-20)9-14-29(37)38)22-12-13-26-25(16-22)31(32)36-35-26/h4-18,31,35-36H,3H2,1-2H3,(H,37,38)/b14-9+,30-24+. The number of hydrogen-bond donors (Lipinski definition) is 3. The molecule has 0 saturated carbocycles. The van der Waals surface area contributed by atoms with Gasteiger partial charge in [0.1, 0.15) is 5.75 Å². The Balaban J connectivity index is 1.61. The monoisotopic (exact) mass is 586 g/mol. The van der Waals surface area contributed by atoms with Gasteiger partial charge in [0.25, 0.3) is 0 Å². The fraction of sp³-hybridized carbons (Fsp3) is 0.129. The van der Waals surface area contributed by atoms with Crippen molar-refractivity contribution in [3.8, 4) is 11.6 Å². The molecule has 5 rings (SSSR count). The van der Waals surface area contributed by atoms with E-state index in [0.717, 1.165) is 51.9 Å². The van der Waals surface area contributed by atoms with Crippen LogP contribution in [-0.2, 0) is 14.6 Å². The van der Waals surface area contributed by atoms with E-state index in [4.69, 9.17) is 9.84 Å². The van der Waals surface area contributed by atoms with Gasteiger partial charge in [0, 0.05) is 17.9 Å². The van der Waals surface area contributed by atoms with Crippen molar-refractivity contribution in [2.45, 2.75) is 24.7 Å². The quantitative estimate of drug-likeness (QED) is 0.122. The van der Waals surface area contributed by atoms with Gasteiger partial charge in [-0.2, -0.15) is 4.98 Å². The van der Waals surface area contributed by atoms with Gasteiger partial charge in [-0.25, -0.2) is 23.0 Å². The van der Waals surface area contributed by atoms with E-state index in [1.54, 1.807) is 6.07 Å². The van der Waals surface area contributed by atoms with Crippen molar-refractivity contribution in [3.63, 3.8) is 0 Å². The van der Waals surface area contributed by atoms with Crippen LogP contribution in [0.2, 0.25) is 0 Å². The first kappa shape index (κ1) is 28.7. The predicted molar refractivity (Wildman–Crippen MR) is 158 cm³/mol. The van der Waals surface area contributed by atoms with Crippen molar-refractivity contribution < 1.29 is 27.4 Å². The van der Waals surface area contributed by atoms with Crippen LogP contribution in [0.25, 0.3) is 17.2 Å². The molecule has 1 atom stereocenters. The number of rotatable bonds is 9. The number of carboxylic acids is 1. The second kappa shape index (κ2) is 11.9. The maximum absolute atomic E-state index is 14.6. The van der Waals surface area contributed by atoms with E-state index in [1.165, 1.54) is 12.3 Å². The third kappa shape index (κ3) is 6.37. The molecule has 214 valence electrons. The first-order chi connectivity index (χ1) is 20.1. The van der Waals surface area contributed by atoms with Gasteiger partial charge in [-0.05, 0) is 70.2 Å². The molecule has 0 bridgehead atoms. The first-order valence-corrected chi connectivity index (χ1v) is 14.9. The van der Waals surface area contributed by atoms with E-state index in [0.29, 0.717) is 23.4 Å². The molecule has 0 fully saturated rings. The van der Waals surface area contributed by atoms with Crippen LogP contribution in [0.15, 0.2) is 90.2 Å². The van der Waals surface area contributed by atoms with E-state index < -0.39 is 22.1 Å². The Labute approximate surface area is 242 Å². The minimum atomic E-state index is -3.57. The Morgan fingerprint density at radius 2 is 1.81 bits per heavy atom. The van der Waals surface area contributed by atoms with Crippen molar-refractivity contribution in [2.24, 2.45) is 0 Å². The highest BCUT2D eigenvalue weighted by Crippen LogP contribution is 2.39. The van der Waals surface area contributed by atoms with E-state index in [9.17, 15) is 17.6 Å². The molecule has 11 heteroatoms. The zero-order chi connectivity index (χ0) is 29.9. The lowest BCUT2D eigenvalue weighted by atomic mass is 9.87. The molecule has 2 heterocycles. The molecular weight excluding hydrogens is 559 g/mol. The summed E-state index contributed by atoms with van der Waals surface area (Å²) in [5.41, 5.74) is 11.6. The summed E-state index contributed by atoms with van der Waals surface area (Å²) in [5.74, 6) is -0.571. The number of allylic oxidation sites excluding steroid dienone is 1. The average Bonchev–Trinajstić information content (AvgIpc) is 3.34. The van der Waals surface area contributed by atoms with Crippen molar-refractivity contribution >= 4 is 38.7 Å². The number of halogens is 1. The number of aliphatic carboxylic acids is 1. The van der Waals surface area contributed by atoms with Gasteiger partial charge >= 0.3 is 5.97 Å². The summed E-state index contributed by atoms with van der Waals surface area (Å²) in [7, 11) is -3.57. The van der Waals surface area contributed by atoms with E-state index in [1.807, 2.05) is 67.6 Å². The van der Waals surface area contributed by atoms with Gasteiger partial charge in [-0.15, -0.1) is 0 Å². The minimum absolute atomic E-state index is 0.0370. The van der Waals surface area contributed by atoms with Crippen LogP contribution < -0.4 is 15.6 Å². The fourth-order valence-corrected chi connectivity index (χ4v) is 5.16. The van der Waals surface area contributed by atoms with Gasteiger partial charge in [0.2, 0.25) is 5.88 Å². The lowest BCUT2D eigenvalue weighted by Crippen LogP contribution is -2.14. The number of hydrogen-bond acceptors (Lipinski definition) is 8. The number of alkyl halides is 1. The smallest absolute Gasteiger partial charge is 0.328 e. The number of nitrogens with one attached hydrogen (secondary N) is 2. The molecule has 0 radical (unpaired) electrons. The second-order valence-electron chi connectivity index (χ2n) is 9.53. The molecule has 1 aliphatic rings. The van der Waals surface area contributed by atoms with Crippen molar-refractivity contribution in [2.75, 3.05) is 11.7 Å². The number of fused-ring (bicyclic) bond motifs is 1. The molecule has 0 amide bonds. The van der Waals surface area contributed by atoms with Crippen molar-refractivity contribution in [1.82, 2.24) is 15.4 Å². The van der Waals surface area contributed by atoms with Gasteiger partial charge in [0.05, 0.1) is 18.1 Å². The molecule has 0 aliphatic carbocycles. The molecule has 0 spiro atoms. The van der Waals surface area contributed by atoms with Crippen LogP contribution >= 0.6 is 0 Å². The summed E-state index contributed by atoms with van der Waals surface area (Å²) in [6.45, 7) is 2.02. The van der Waals surface area contributed by atoms with Gasteiger partial charge in [-0.1, -0.05) is 49.4 Å². The fourth-order valence-electron chi connectivity index (χ4n) is 4.66. The maximum Gasteiger partial charge on any atom is 0.328 e. The van der Waals surface area contributed by atoms with Crippen molar-refractivity contribution in [1.29, 1.82) is 0 Å². The van der Waals surface area contributed by atoms with E-state index in [2.05, 4.69) is 20.8 Å². The molecule has 1 unspecified atom stereocenters. The molecule has 1 aromatic heterocycles. The topological polar surface area (TPSA) is 131 Å². The number of aromatic nitrogens is 2. The highest BCUT2D eigenvalue weighted by molar-refractivity contribution is 7.90. The third-order valence-corrected chi connectivity index (χ3v) is 7.55. The Kier molecular flexibility index (Phi) is 8.14. The molecule has 1 aliphatic heterocycles. The van der Waals surface area contributed by atoms with Gasteiger partial charge in [0.15, 0.2) is 21.2 Å². The number of ether oxygens (including phenoxy) is 1. The summed E-state index contributed by atoms with van der Waals surface area (Å²) in [4.78, 5) is 19.0. The first-order valence-electron chi connectivity index (χ1n) is 13.0. The molecular formula is C31H27FN4O5S. The number of nitrogens with zero attached hydrogens (tertiary/aromatic N) is 2. The largest absolute Gasteiger partial charge is 0.478 e. The molecule has 9 nitrogen and oxygen atoms in total. The number of carboxylic acid groups (broad SMARTS) is 1. The Hall–Kier alpha value is -4.87. The summed E-state index contributed by atoms with van der Waals surface area (Å²) < 4.78 is 44.4. The summed E-state index contributed by atoms with van der Waals surface area (Å²) in [5, 5.41) is 8.79. The van der Waals surface area contributed by atoms with E-state index in [-0.39, 0.29) is 10.9 Å². The Morgan fingerprint density at radius 3 is 2.52 bits per heavy atom. The van der Waals surface area contributed by atoms with Gasteiger partial charge in [-0.3, -0.25) is 4.98 Å². The Bertz CT molecular complexity index is 1820. The highest BCUT2D eigenvalue weighted by Gasteiger charge is 2.23. The maximum atomic E-state index is 14.6. The van der Waals surface area contributed by atoms with Crippen molar-refractivity contribution in [3.05, 3.63) is 113 Å². The normalized spacial score (nSPS) is 15.2.